The number of rotatable bonds is 7. The lowest BCUT2D eigenvalue weighted by molar-refractivity contribution is -0.145. The van der Waals surface area contributed by atoms with E-state index in [2.05, 4.69) is 20.3 Å². The second kappa shape index (κ2) is 8.94. The van der Waals surface area contributed by atoms with Crippen molar-refractivity contribution in [3.05, 3.63) is 71.5 Å². The minimum atomic E-state index is -0.316. The maximum atomic E-state index is 12.2. The van der Waals surface area contributed by atoms with Gasteiger partial charge in [-0.2, -0.15) is 15.0 Å². The number of ether oxygens (including phenoxy) is 1. The van der Waals surface area contributed by atoms with Crippen LogP contribution >= 0.6 is 0 Å². The molecule has 3 aromatic rings. The summed E-state index contributed by atoms with van der Waals surface area (Å²) in [5, 5.41) is 3.07. The summed E-state index contributed by atoms with van der Waals surface area (Å²) in [4.78, 5) is 24.5. The summed E-state index contributed by atoms with van der Waals surface area (Å²) >= 11 is 0. The van der Waals surface area contributed by atoms with Crippen LogP contribution in [0.4, 0.5) is 17.6 Å². The molecule has 2 aromatic carbocycles. The van der Waals surface area contributed by atoms with E-state index in [1.54, 1.807) is 0 Å². The first-order chi connectivity index (χ1) is 13.5. The number of hydrogen-bond donors (Lipinski definition) is 2. The maximum Gasteiger partial charge on any atom is 0.306 e. The largest absolute Gasteiger partial charge is 0.457 e. The van der Waals surface area contributed by atoms with Gasteiger partial charge in [-0.3, -0.25) is 4.79 Å². The van der Waals surface area contributed by atoms with E-state index in [9.17, 15) is 4.79 Å². The Morgan fingerprint density at radius 1 is 1.07 bits per heavy atom. The lowest BCUT2D eigenvalue weighted by Crippen LogP contribution is -2.12. The normalized spacial score (nSPS) is 11.6. The number of hydrogen-bond acceptors (Lipinski definition) is 7. The van der Waals surface area contributed by atoms with Crippen molar-refractivity contribution in [2.75, 3.05) is 11.1 Å². The van der Waals surface area contributed by atoms with E-state index >= 15 is 0 Å². The molecule has 0 radical (unpaired) electrons. The minimum Gasteiger partial charge on any atom is -0.457 e. The van der Waals surface area contributed by atoms with Gasteiger partial charge in [0.15, 0.2) is 12.4 Å². The van der Waals surface area contributed by atoms with Crippen molar-refractivity contribution in [1.29, 1.82) is 0 Å². The Morgan fingerprint density at radius 3 is 2.50 bits per heavy atom. The minimum absolute atomic E-state index is 0.0599. The second-order valence-electron chi connectivity index (χ2n) is 6.60. The Balaban J connectivity index is 1.58. The highest BCUT2D eigenvalue weighted by Crippen LogP contribution is 2.19. The number of esters is 1. The van der Waals surface area contributed by atoms with Gasteiger partial charge in [0.2, 0.25) is 11.9 Å². The van der Waals surface area contributed by atoms with Gasteiger partial charge in [-0.1, -0.05) is 55.0 Å². The predicted molar refractivity (Wildman–Crippen MR) is 108 cm³/mol. The average molecular weight is 377 g/mol. The third-order valence-corrected chi connectivity index (χ3v) is 4.21. The van der Waals surface area contributed by atoms with Gasteiger partial charge in [0.05, 0.1) is 6.42 Å². The van der Waals surface area contributed by atoms with Crippen molar-refractivity contribution < 1.29 is 9.53 Å². The molecule has 3 rings (SSSR count). The Kier molecular flexibility index (Phi) is 6.16. The van der Waals surface area contributed by atoms with Crippen molar-refractivity contribution >= 4 is 23.6 Å². The van der Waals surface area contributed by atoms with Crippen LogP contribution in [0, 0.1) is 6.92 Å². The fraction of sp³-hybridized carbons (Fsp3) is 0.238. The fourth-order valence-electron chi connectivity index (χ4n) is 2.68. The van der Waals surface area contributed by atoms with Gasteiger partial charge in [0.1, 0.15) is 0 Å². The molecule has 0 bridgehead atoms. The molecule has 0 aliphatic carbocycles. The molecule has 0 aliphatic heterocycles. The zero-order chi connectivity index (χ0) is 19.9. The van der Waals surface area contributed by atoms with E-state index in [0.29, 0.717) is 11.8 Å². The molecule has 0 unspecified atom stereocenters. The molecule has 0 amide bonds. The van der Waals surface area contributed by atoms with E-state index in [1.807, 2.05) is 68.4 Å². The number of nitrogens with one attached hydrogen (secondary N) is 1. The van der Waals surface area contributed by atoms with Gasteiger partial charge >= 0.3 is 5.97 Å². The molecular weight excluding hydrogens is 354 g/mol. The van der Waals surface area contributed by atoms with Crippen LogP contribution in [0.2, 0.25) is 0 Å². The number of nitrogen functional groups attached to an aromatic ring is 1. The summed E-state index contributed by atoms with van der Waals surface area (Å²) in [6.07, 6.45) is 0.277. The number of carbonyl (C=O) groups is 1. The third kappa shape index (κ3) is 5.51. The topological polar surface area (TPSA) is 103 Å². The number of nitrogens with two attached hydrogens (primary N) is 1. The summed E-state index contributed by atoms with van der Waals surface area (Å²) < 4.78 is 5.32. The van der Waals surface area contributed by atoms with Crippen LogP contribution in [0.3, 0.4) is 0 Å². The van der Waals surface area contributed by atoms with Crippen molar-refractivity contribution in [2.45, 2.75) is 32.8 Å². The number of carbonyl (C=O) groups excluding carboxylic acids is 1. The fourth-order valence-corrected chi connectivity index (χ4v) is 2.68. The average Bonchev–Trinajstić information content (AvgIpc) is 2.68. The number of nitrogens with zero attached hydrogens (tertiary/aromatic N) is 3. The van der Waals surface area contributed by atoms with Crippen LogP contribution in [0.1, 0.15) is 36.2 Å². The van der Waals surface area contributed by atoms with E-state index in [1.165, 1.54) is 0 Å². The molecule has 7 heteroatoms. The van der Waals surface area contributed by atoms with E-state index in [0.717, 1.165) is 16.8 Å². The molecule has 28 heavy (non-hydrogen) atoms. The molecule has 1 heterocycles. The third-order valence-electron chi connectivity index (χ3n) is 4.21. The summed E-state index contributed by atoms with van der Waals surface area (Å²) in [7, 11) is 0. The Morgan fingerprint density at radius 2 is 1.79 bits per heavy atom. The van der Waals surface area contributed by atoms with Crippen LogP contribution < -0.4 is 11.1 Å². The Bertz CT molecular complexity index is 929. The number of aromatic nitrogens is 3. The molecule has 0 saturated heterocycles. The van der Waals surface area contributed by atoms with Crippen LogP contribution in [-0.2, 0) is 16.1 Å². The van der Waals surface area contributed by atoms with Crippen LogP contribution in [0.25, 0.3) is 0 Å². The lowest BCUT2D eigenvalue weighted by Gasteiger charge is -2.11. The van der Waals surface area contributed by atoms with Gasteiger partial charge in [-0.25, -0.2) is 0 Å². The van der Waals surface area contributed by atoms with Gasteiger partial charge < -0.3 is 15.8 Å². The van der Waals surface area contributed by atoms with Gasteiger partial charge in [0, 0.05) is 5.69 Å². The molecule has 1 atom stereocenters. The van der Waals surface area contributed by atoms with Gasteiger partial charge in [0.25, 0.3) is 0 Å². The zero-order valence-electron chi connectivity index (χ0n) is 15.9. The van der Waals surface area contributed by atoms with Gasteiger partial charge in [-0.15, -0.1) is 0 Å². The van der Waals surface area contributed by atoms with E-state index < -0.39 is 0 Å². The first-order valence-corrected chi connectivity index (χ1v) is 9.04. The predicted octanol–water partition coefficient (Wildman–Crippen LogP) is 3.74. The molecule has 0 saturated carbocycles. The van der Waals surface area contributed by atoms with Gasteiger partial charge in [-0.05, 0) is 30.5 Å². The van der Waals surface area contributed by atoms with Crippen LogP contribution in [0.15, 0.2) is 54.6 Å². The van der Waals surface area contributed by atoms with Crippen molar-refractivity contribution in [1.82, 2.24) is 15.0 Å². The summed E-state index contributed by atoms with van der Waals surface area (Å²) in [6.45, 7) is 3.94. The maximum absolute atomic E-state index is 12.2. The SMILES string of the molecule is Cc1ccc(Nc2nc(N)nc(COC(=O)C[C@H](C)c3ccccc3)n2)cc1. The first kappa shape index (κ1) is 19.3. The van der Waals surface area contributed by atoms with Crippen LogP contribution in [-0.4, -0.2) is 20.9 Å². The monoisotopic (exact) mass is 377 g/mol. The Hall–Kier alpha value is -3.48. The zero-order valence-corrected chi connectivity index (χ0v) is 15.9. The van der Waals surface area contributed by atoms with Crippen LogP contribution in [0.5, 0.6) is 0 Å². The quantitative estimate of drug-likeness (QED) is 0.605. The second-order valence-corrected chi connectivity index (χ2v) is 6.60. The number of benzene rings is 2. The summed E-state index contributed by atoms with van der Waals surface area (Å²) in [6, 6.07) is 17.6. The first-order valence-electron chi connectivity index (χ1n) is 9.04. The molecule has 0 spiro atoms. The molecule has 3 N–H and O–H groups in total. The lowest BCUT2D eigenvalue weighted by atomic mass is 9.98. The highest BCUT2D eigenvalue weighted by atomic mass is 16.5. The molecule has 0 aliphatic rings. The molecule has 144 valence electrons. The standard InChI is InChI=1S/C21H23N5O2/c1-14-8-10-17(11-9-14)23-21-25-18(24-20(22)26-21)13-28-19(27)12-15(2)16-6-4-3-5-7-16/h3-11,15H,12-13H2,1-2H3,(H3,22,23,24,25,26)/t15-/m0/s1. The molecular formula is C21H23N5O2. The van der Waals surface area contributed by atoms with E-state index in [-0.39, 0.29) is 30.9 Å². The Labute approximate surface area is 164 Å². The smallest absolute Gasteiger partial charge is 0.306 e. The molecule has 7 nitrogen and oxygen atoms in total. The molecule has 1 aromatic heterocycles. The van der Waals surface area contributed by atoms with Crippen molar-refractivity contribution in [3.63, 3.8) is 0 Å². The summed E-state index contributed by atoms with van der Waals surface area (Å²) in [5.74, 6) is 0.412. The van der Waals surface area contributed by atoms with Crippen molar-refractivity contribution in [3.8, 4) is 0 Å². The van der Waals surface area contributed by atoms with E-state index in [4.69, 9.17) is 10.5 Å². The number of anilines is 3. The number of aryl methyl sites for hydroxylation is 1. The summed E-state index contributed by atoms with van der Waals surface area (Å²) in [5.41, 5.74) is 8.83. The highest BCUT2D eigenvalue weighted by Gasteiger charge is 2.13. The van der Waals surface area contributed by atoms with Crippen molar-refractivity contribution in [2.24, 2.45) is 0 Å². The molecule has 0 fully saturated rings. The highest BCUT2D eigenvalue weighted by molar-refractivity contribution is 5.70.